The summed E-state index contributed by atoms with van der Waals surface area (Å²) in [5.41, 5.74) is 1.90. The van der Waals surface area contributed by atoms with Gasteiger partial charge in [0.2, 0.25) is 11.7 Å². The Balaban J connectivity index is 2.95. The van der Waals surface area contributed by atoms with Gasteiger partial charge in [-0.2, -0.15) is 0 Å². The maximum atomic E-state index is 13.3. The number of nitrogens with one attached hydrogen (secondary N) is 2. The van der Waals surface area contributed by atoms with E-state index < -0.39 is 35.5 Å². The number of hydrogen-bond acceptors (Lipinski definition) is 7. The lowest BCUT2D eigenvalue weighted by molar-refractivity contribution is -0.151. The lowest BCUT2D eigenvalue weighted by atomic mass is 9.86. The molecule has 9 heteroatoms. The normalized spacial score (nSPS) is 19.7. The highest BCUT2D eigenvalue weighted by atomic mass is 16.7. The molecule has 0 saturated carbocycles. The summed E-state index contributed by atoms with van der Waals surface area (Å²) < 4.78 is 5.37. The second-order valence-corrected chi connectivity index (χ2v) is 11.3. The SMILES string of the molecule is CCC(C)C(CC(=O)OCC(C)(C)C)C(=O)NC(CC(C)C)C(=O)CC1CCCONC(=O)C1=O. The summed E-state index contributed by atoms with van der Waals surface area (Å²) >= 11 is 0. The van der Waals surface area contributed by atoms with Crippen molar-refractivity contribution in [2.24, 2.45) is 29.1 Å². The zero-order valence-electron chi connectivity index (χ0n) is 22.4. The van der Waals surface area contributed by atoms with E-state index in [1.165, 1.54) is 0 Å². The van der Waals surface area contributed by atoms with Crippen molar-refractivity contribution in [3.8, 4) is 0 Å². The van der Waals surface area contributed by atoms with Crippen molar-refractivity contribution in [1.82, 2.24) is 10.8 Å². The molecule has 0 aromatic rings. The monoisotopic (exact) mass is 496 g/mol. The fraction of sp³-hybridized carbons (Fsp3) is 0.808. The maximum Gasteiger partial charge on any atom is 0.311 e. The number of carbonyl (C=O) groups is 5. The number of carbonyl (C=O) groups excluding carboxylic acids is 5. The van der Waals surface area contributed by atoms with Crippen molar-refractivity contribution in [2.45, 2.75) is 93.0 Å². The molecule has 35 heavy (non-hydrogen) atoms. The third-order valence-electron chi connectivity index (χ3n) is 6.14. The first-order valence-electron chi connectivity index (χ1n) is 12.7. The van der Waals surface area contributed by atoms with Crippen LogP contribution in [0, 0.1) is 29.1 Å². The molecule has 9 nitrogen and oxygen atoms in total. The molecule has 1 fully saturated rings. The Morgan fingerprint density at radius 2 is 1.83 bits per heavy atom. The van der Waals surface area contributed by atoms with Gasteiger partial charge in [-0.1, -0.05) is 54.9 Å². The van der Waals surface area contributed by atoms with Gasteiger partial charge in [-0.25, -0.2) is 5.48 Å². The van der Waals surface area contributed by atoms with E-state index in [1.54, 1.807) is 0 Å². The summed E-state index contributed by atoms with van der Waals surface area (Å²) in [4.78, 5) is 68.1. The lowest BCUT2D eigenvalue weighted by Crippen LogP contribution is -2.47. The Morgan fingerprint density at radius 1 is 1.17 bits per heavy atom. The van der Waals surface area contributed by atoms with Crippen LogP contribution in [0.25, 0.3) is 0 Å². The van der Waals surface area contributed by atoms with E-state index in [1.807, 2.05) is 48.5 Å². The number of rotatable bonds is 12. The molecule has 1 aliphatic rings. The highest BCUT2D eigenvalue weighted by Crippen LogP contribution is 2.23. The molecule has 1 saturated heterocycles. The van der Waals surface area contributed by atoms with E-state index in [-0.39, 0.29) is 55.0 Å². The first-order chi connectivity index (χ1) is 16.2. The van der Waals surface area contributed by atoms with Gasteiger partial charge in [0.05, 0.1) is 31.6 Å². The van der Waals surface area contributed by atoms with Crippen molar-refractivity contribution in [3.63, 3.8) is 0 Å². The average molecular weight is 497 g/mol. The van der Waals surface area contributed by atoms with Gasteiger partial charge in [-0.15, -0.1) is 0 Å². The van der Waals surface area contributed by atoms with E-state index in [2.05, 4.69) is 10.8 Å². The van der Waals surface area contributed by atoms with Crippen molar-refractivity contribution >= 4 is 29.4 Å². The maximum absolute atomic E-state index is 13.3. The topological polar surface area (TPSA) is 128 Å². The Kier molecular flexibility index (Phi) is 12.6. The Bertz CT molecular complexity index is 757. The van der Waals surface area contributed by atoms with Crippen LogP contribution >= 0.6 is 0 Å². The molecule has 4 atom stereocenters. The van der Waals surface area contributed by atoms with Crippen LogP contribution in [0.4, 0.5) is 0 Å². The Labute approximate surface area is 209 Å². The highest BCUT2D eigenvalue weighted by Gasteiger charge is 2.34. The number of Topliss-reactive ketones (excluding diaryl/α,β-unsaturated/α-hetero) is 2. The van der Waals surface area contributed by atoms with Gasteiger partial charge in [0.1, 0.15) is 0 Å². The van der Waals surface area contributed by atoms with Crippen molar-refractivity contribution in [2.75, 3.05) is 13.2 Å². The Hall–Kier alpha value is -2.29. The third-order valence-corrected chi connectivity index (χ3v) is 6.14. The van der Waals surface area contributed by atoms with Crippen LogP contribution in [0.2, 0.25) is 0 Å². The predicted molar refractivity (Wildman–Crippen MR) is 131 cm³/mol. The van der Waals surface area contributed by atoms with Crippen molar-refractivity contribution in [3.05, 3.63) is 0 Å². The minimum absolute atomic E-state index is 0.0687. The van der Waals surface area contributed by atoms with Gasteiger partial charge in [-0.3, -0.25) is 28.8 Å². The summed E-state index contributed by atoms with van der Waals surface area (Å²) in [5, 5.41) is 2.85. The summed E-state index contributed by atoms with van der Waals surface area (Å²) in [5.74, 6) is -4.05. The minimum Gasteiger partial charge on any atom is -0.465 e. The van der Waals surface area contributed by atoms with E-state index >= 15 is 0 Å². The molecule has 2 N–H and O–H groups in total. The van der Waals surface area contributed by atoms with Gasteiger partial charge < -0.3 is 10.1 Å². The summed E-state index contributed by atoms with van der Waals surface area (Å²) in [6.45, 7) is 14.1. The summed E-state index contributed by atoms with van der Waals surface area (Å²) in [7, 11) is 0. The summed E-state index contributed by atoms with van der Waals surface area (Å²) in [6.07, 6.45) is 1.75. The van der Waals surface area contributed by atoms with Gasteiger partial charge in [0, 0.05) is 12.3 Å². The van der Waals surface area contributed by atoms with Gasteiger partial charge in [0.15, 0.2) is 5.78 Å². The molecule has 1 rings (SSSR count). The van der Waals surface area contributed by atoms with Crippen LogP contribution in [0.5, 0.6) is 0 Å². The fourth-order valence-corrected chi connectivity index (χ4v) is 3.86. The number of ether oxygens (including phenoxy) is 1. The molecule has 1 heterocycles. The molecule has 0 aliphatic carbocycles. The number of esters is 1. The molecule has 0 aromatic heterocycles. The standard InChI is InChI=1S/C26H44N2O7/c1-8-17(4)19(14-22(30)34-15-26(5,6)7)24(32)27-20(12-16(2)3)21(29)13-18-10-9-11-35-28-25(33)23(18)31/h16-20H,8-15H2,1-7H3,(H,27,32)(H,28,33). The number of amides is 2. The molecular weight excluding hydrogens is 452 g/mol. The van der Waals surface area contributed by atoms with Crippen LogP contribution in [0.3, 0.4) is 0 Å². The smallest absolute Gasteiger partial charge is 0.311 e. The number of hydroxylamine groups is 1. The van der Waals surface area contributed by atoms with Gasteiger partial charge in [-0.05, 0) is 36.5 Å². The fourth-order valence-electron chi connectivity index (χ4n) is 3.86. The van der Waals surface area contributed by atoms with Crippen molar-refractivity contribution < 1.29 is 33.5 Å². The molecule has 2 amide bonds. The van der Waals surface area contributed by atoms with Crippen LogP contribution < -0.4 is 10.8 Å². The predicted octanol–water partition coefficient (Wildman–Crippen LogP) is 3.15. The molecule has 200 valence electrons. The van der Waals surface area contributed by atoms with E-state index in [0.717, 1.165) is 0 Å². The zero-order valence-corrected chi connectivity index (χ0v) is 22.4. The van der Waals surface area contributed by atoms with Crippen LogP contribution in [-0.2, 0) is 33.5 Å². The quantitative estimate of drug-likeness (QED) is 0.314. The minimum atomic E-state index is -0.863. The molecule has 0 spiro atoms. The van der Waals surface area contributed by atoms with E-state index in [4.69, 9.17) is 9.57 Å². The highest BCUT2D eigenvalue weighted by molar-refractivity contribution is 6.37. The first kappa shape index (κ1) is 30.7. The first-order valence-corrected chi connectivity index (χ1v) is 12.7. The van der Waals surface area contributed by atoms with Crippen LogP contribution in [-0.4, -0.2) is 48.6 Å². The molecular formula is C26H44N2O7. The summed E-state index contributed by atoms with van der Waals surface area (Å²) in [6, 6.07) is -0.808. The molecule has 0 bridgehead atoms. The second-order valence-electron chi connectivity index (χ2n) is 11.3. The van der Waals surface area contributed by atoms with Crippen LogP contribution in [0.1, 0.15) is 87.0 Å². The second kappa shape index (κ2) is 14.3. The molecule has 4 unspecified atom stereocenters. The van der Waals surface area contributed by atoms with Gasteiger partial charge in [0.25, 0.3) is 0 Å². The van der Waals surface area contributed by atoms with Gasteiger partial charge >= 0.3 is 11.9 Å². The average Bonchev–Trinajstić information content (AvgIpc) is 2.76. The Morgan fingerprint density at radius 3 is 2.40 bits per heavy atom. The zero-order chi connectivity index (χ0) is 26.8. The molecule has 0 radical (unpaired) electrons. The molecule has 1 aliphatic heterocycles. The van der Waals surface area contributed by atoms with Crippen molar-refractivity contribution in [1.29, 1.82) is 0 Å². The number of hydrogen-bond donors (Lipinski definition) is 2. The van der Waals surface area contributed by atoms with E-state index in [0.29, 0.717) is 25.7 Å². The van der Waals surface area contributed by atoms with E-state index in [9.17, 15) is 24.0 Å². The molecule has 0 aromatic carbocycles. The third kappa shape index (κ3) is 11.3. The number of ketones is 2. The largest absolute Gasteiger partial charge is 0.465 e. The van der Waals surface area contributed by atoms with Crippen LogP contribution in [0.15, 0.2) is 0 Å². The lowest BCUT2D eigenvalue weighted by Gasteiger charge is -2.27.